The average Bonchev–Trinajstić information content (AvgIpc) is 3.48. The third-order valence-electron chi connectivity index (χ3n) is 6.60. The number of benzene rings is 1. The van der Waals surface area contributed by atoms with E-state index in [0.29, 0.717) is 12.1 Å². The first kappa shape index (κ1) is 20.3. The first-order valence-corrected chi connectivity index (χ1v) is 11.5. The number of ether oxygens (including phenoxy) is 1. The van der Waals surface area contributed by atoms with E-state index in [1.54, 1.807) is 0 Å². The van der Waals surface area contributed by atoms with Crippen LogP contribution in [0.15, 0.2) is 29.1 Å². The lowest BCUT2D eigenvalue weighted by atomic mass is 9.99. The van der Waals surface area contributed by atoms with Crippen LogP contribution in [0.5, 0.6) is 0 Å². The number of hydrogen-bond acceptors (Lipinski definition) is 6. The van der Waals surface area contributed by atoms with E-state index in [-0.39, 0.29) is 17.7 Å². The molecule has 2 aliphatic heterocycles. The molecule has 2 aliphatic rings. The van der Waals surface area contributed by atoms with Crippen molar-refractivity contribution >= 4 is 10.9 Å². The molecule has 164 valence electrons. The van der Waals surface area contributed by atoms with Gasteiger partial charge < -0.3 is 9.72 Å². The lowest BCUT2D eigenvalue weighted by Gasteiger charge is -2.33. The van der Waals surface area contributed by atoms with Gasteiger partial charge in [-0.3, -0.25) is 9.69 Å². The van der Waals surface area contributed by atoms with E-state index in [9.17, 15) is 4.79 Å². The topological polar surface area (TPSA) is 88.9 Å². The number of H-pyrrole nitrogens is 1. The van der Waals surface area contributed by atoms with Gasteiger partial charge in [0.1, 0.15) is 6.04 Å². The fourth-order valence-corrected chi connectivity index (χ4v) is 4.89. The molecule has 2 atom stereocenters. The third kappa shape index (κ3) is 4.14. The van der Waals surface area contributed by atoms with Crippen LogP contribution in [0.2, 0.25) is 0 Å². The second-order valence-electron chi connectivity index (χ2n) is 8.68. The summed E-state index contributed by atoms with van der Waals surface area (Å²) in [5, 5.41) is 13.7. The fourth-order valence-electron chi connectivity index (χ4n) is 4.89. The molecule has 4 heterocycles. The van der Waals surface area contributed by atoms with Gasteiger partial charge in [0.2, 0.25) is 0 Å². The molecular formula is C23H30N6O2. The van der Waals surface area contributed by atoms with Gasteiger partial charge in [-0.05, 0) is 84.8 Å². The molecule has 0 radical (unpaired) electrons. The number of nitrogens with one attached hydrogen (secondary N) is 1. The Hall–Kier alpha value is -2.58. The second-order valence-corrected chi connectivity index (χ2v) is 8.68. The van der Waals surface area contributed by atoms with Crippen LogP contribution in [0.1, 0.15) is 62.0 Å². The highest BCUT2D eigenvalue weighted by Gasteiger charge is 2.32. The smallest absolute Gasteiger partial charge is 0.253 e. The molecule has 2 fully saturated rings. The summed E-state index contributed by atoms with van der Waals surface area (Å²) in [4.78, 5) is 18.7. The Labute approximate surface area is 181 Å². The Morgan fingerprint density at radius 2 is 2.06 bits per heavy atom. The number of likely N-dealkylation sites (tertiary alicyclic amines) is 1. The monoisotopic (exact) mass is 422 g/mol. The molecule has 2 saturated heterocycles. The van der Waals surface area contributed by atoms with Gasteiger partial charge in [-0.15, -0.1) is 5.10 Å². The van der Waals surface area contributed by atoms with E-state index >= 15 is 0 Å². The predicted molar refractivity (Wildman–Crippen MR) is 118 cm³/mol. The number of aromatic nitrogens is 5. The van der Waals surface area contributed by atoms with E-state index in [4.69, 9.17) is 4.74 Å². The van der Waals surface area contributed by atoms with Crippen LogP contribution in [-0.4, -0.2) is 55.9 Å². The standard InChI is InChI=1S/C23H30N6O2/c1-2-16-8-9-20-17(13-16)14-19(23(30)24-20)21(28-10-4-3-5-11-28)22-25-26-27-29(22)15-18-7-6-12-31-18/h8-9,13-14,18,21H,2-7,10-12,15H2,1H3,(H,24,30)/t18-,21-/m0/s1. The number of hydrogen-bond donors (Lipinski definition) is 1. The molecule has 0 amide bonds. The van der Waals surface area contributed by atoms with Gasteiger partial charge in [0.15, 0.2) is 5.82 Å². The van der Waals surface area contributed by atoms with Crippen LogP contribution < -0.4 is 5.56 Å². The van der Waals surface area contributed by atoms with Crippen LogP contribution in [-0.2, 0) is 17.7 Å². The molecule has 1 N–H and O–H groups in total. The summed E-state index contributed by atoms with van der Waals surface area (Å²) >= 11 is 0. The van der Waals surface area contributed by atoms with Crippen molar-refractivity contribution in [2.45, 2.75) is 64.1 Å². The van der Waals surface area contributed by atoms with E-state index < -0.39 is 0 Å². The molecule has 0 bridgehead atoms. The summed E-state index contributed by atoms with van der Waals surface area (Å²) in [6, 6.07) is 8.00. The van der Waals surface area contributed by atoms with Gasteiger partial charge in [-0.25, -0.2) is 4.68 Å². The number of aromatic amines is 1. The minimum atomic E-state index is -0.268. The first-order valence-electron chi connectivity index (χ1n) is 11.5. The van der Waals surface area contributed by atoms with E-state index in [2.05, 4.69) is 44.5 Å². The normalized spacial score (nSPS) is 21.0. The Morgan fingerprint density at radius 3 is 2.84 bits per heavy atom. The van der Waals surface area contributed by atoms with Crippen LogP contribution in [0.3, 0.4) is 0 Å². The highest BCUT2D eigenvalue weighted by Crippen LogP contribution is 2.30. The summed E-state index contributed by atoms with van der Waals surface area (Å²) in [6.45, 7) is 5.43. The summed E-state index contributed by atoms with van der Waals surface area (Å²) in [7, 11) is 0. The maximum Gasteiger partial charge on any atom is 0.253 e. The molecule has 3 aromatic rings. The van der Waals surface area contributed by atoms with Crippen LogP contribution in [0, 0.1) is 0 Å². The largest absolute Gasteiger partial charge is 0.376 e. The van der Waals surface area contributed by atoms with Crippen molar-refractivity contribution in [2.24, 2.45) is 0 Å². The maximum atomic E-state index is 13.2. The summed E-state index contributed by atoms with van der Waals surface area (Å²) in [6.07, 6.45) is 6.64. The lowest BCUT2D eigenvalue weighted by Crippen LogP contribution is -2.39. The van der Waals surface area contributed by atoms with E-state index in [1.165, 1.54) is 12.0 Å². The number of piperidine rings is 1. The molecule has 31 heavy (non-hydrogen) atoms. The lowest BCUT2D eigenvalue weighted by molar-refractivity contribution is 0.0902. The molecule has 8 nitrogen and oxygen atoms in total. The number of aryl methyl sites for hydroxylation is 1. The fraction of sp³-hybridized carbons (Fsp3) is 0.565. The summed E-state index contributed by atoms with van der Waals surface area (Å²) in [5.41, 5.74) is 2.76. The maximum absolute atomic E-state index is 13.2. The van der Waals surface area contributed by atoms with Gasteiger partial charge in [0.25, 0.3) is 5.56 Å². The first-order chi connectivity index (χ1) is 15.2. The summed E-state index contributed by atoms with van der Waals surface area (Å²) < 4.78 is 7.67. The van der Waals surface area contributed by atoms with Crippen molar-refractivity contribution < 1.29 is 4.74 Å². The zero-order valence-electron chi connectivity index (χ0n) is 18.1. The molecular weight excluding hydrogens is 392 g/mol. The van der Waals surface area contributed by atoms with Crippen LogP contribution in [0.25, 0.3) is 10.9 Å². The average molecular weight is 423 g/mol. The Morgan fingerprint density at radius 1 is 1.19 bits per heavy atom. The van der Waals surface area contributed by atoms with Gasteiger partial charge in [-0.1, -0.05) is 19.4 Å². The number of fused-ring (bicyclic) bond motifs is 1. The zero-order chi connectivity index (χ0) is 21.2. The molecule has 8 heteroatoms. The van der Waals surface area contributed by atoms with Gasteiger partial charge in [0.05, 0.1) is 12.6 Å². The molecule has 2 aromatic heterocycles. The van der Waals surface area contributed by atoms with Crippen molar-refractivity contribution in [3.8, 4) is 0 Å². The molecule has 0 unspecified atom stereocenters. The predicted octanol–water partition coefficient (Wildman–Crippen LogP) is 2.83. The number of nitrogens with zero attached hydrogens (tertiary/aromatic N) is 5. The molecule has 0 spiro atoms. The Kier molecular flexibility index (Phi) is 5.82. The molecule has 1 aromatic carbocycles. The highest BCUT2D eigenvalue weighted by atomic mass is 16.5. The van der Waals surface area contributed by atoms with Crippen molar-refractivity contribution in [3.05, 3.63) is 51.6 Å². The van der Waals surface area contributed by atoms with Gasteiger partial charge in [-0.2, -0.15) is 0 Å². The van der Waals surface area contributed by atoms with E-state index in [1.807, 2.05) is 16.8 Å². The van der Waals surface area contributed by atoms with E-state index in [0.717, 1.165) is 68.5 Å². The summed E-state index contributed by atoms with van der Waals surface area (Å²) in [5.74, 6) is 0.730. The minimum Gasteiger partial charge on any atom is -0.376 e. The van der Waals surface area contributed by atoms with Crippen molar-refractivity contribution in [3.63, 3.8) is 0 Å². The number of tetrazole rings is 1. The molecule has 0 saturated carbocycles. The van der Waals surface area contributed by atoms with Crippen LogP contribution in [0.4, 0.5) is 0 Å². The highest BCUT2D eigenvalue weighted by molar-refractivity contribution is 5.80. The number of pyridine rings is 1. The third-order valence-corrected chi connectivity index (χ3v) is 6.60. The van der Waals surface area contributed by atoms with Crippen molar-refractivity contribution in [2.75, 3.05) is 19.7 Å². The molecule has 0 aliphatic carbocycles. The van der Waals surface area contributed by atoms with Gasteiger partial charge >= 0.3 is 0 Å². The SMILES string of the molecule is CCc1ccc2[nH]c(=O)c([C@@H](c3nnnn3C[C@@H]3CCCO3)N3CCCCC3)cc2c1. The molecule has 5 rings (SSSR count). The Balaban J connectivity index is 1.59. The minimum absolute atomic E-state index is 0.0704. The quantitative estimate of drug-likeness (QED) is 0.657. The zero-order valence-corrected chi connectivity index (χ0v) is 18.1. The van der Waals surface area contributed by atoms with Crippen molar-refractivity contribution in [1.82, 2.24) is 30.1 Å². The second kappa shape index (κ2) is 8.88. The van der Waals surface area contributed by atoms with Crippen molar-refractivity contribution in [1.29, 1.82) is 0 Å². The number of rotatable bonds is 6. The van der Waals surface area contributed by atoms with Gasteiger partial charge in [0, 0.05) is 17.7 Å². The van der Waals surface area contributed by atoms with Crippen LogP contribution >= 0.6 is 0 Å². The Bertz CT molecular complexity index is 1090.